The number of anilines is 2. The van der Waals surface area contributed by atoms with Gasteiger partial charge in [-0.1, -0.05) is 0 Å². The average molecular weight is 360 g/mol. The highest BCUT2D eigenvalue weighted by Crippen LogP contribution is 2.31. The minimum Gasteiger partial charge on any atom is -0.495 e. The van der Waals surface area contributed by atoms with Crippen molar-refractivity contribution >= 4 is 28.7 Å². The van der Waals surface area contributed by atoms with Gasteiger partial charge in [0.1, 0.15) is 5.75 Å². The second kappa shape index (κ2) is 7.47. The van der Waals surface area contributed by atoms with Crippen molar-refractivity contribution in [3.63, 3.8) is 0 Å². The number of nitrogens with zero attached hydrogens (tertiary/aromatic N) is 3. The van der Waals surface area contributed by atoms with Crippen molar-refractivity contribution in [1.29, 1.82) is 0 Å². The molecule has 0 heterocycles. The van der Waals surface area contributed by atoms with Crippen molar-refractivity contribution in [2.45, 2.75) is 0 Å². The maximum absolute atomic E-state index is 12.7. The van der Waals surface area contributed by atoms with Gasteiger partial charge in [0, 0.05) is 44.0 Å². The minimum atomic E-state index is -0.656. The van der Waals surface area contributed by atoms with Gasteiger partial charge in [0.05, 0.1) is 28.2 Å². The maximum atomic E-state index is 12.7. The Balaban J connectivity index is 2.47. The number of nitrogens with one attached hydrogen (secondary N) is 1. The molecule has 10 nitrogen and oxygen atoms in total. The van der Waals surface area contributed by atoms with Crippen molar-refractivity contribution in [2.24, 2.45) is 0 Å². The predicted octanol–water partition coefficient (Wildman–Crippen LogP) is 2.83. The summed E-state index contributed by atoms with van der Waals surface area (Å²) in [7, 11) is 4.73. The Morgan fingerprint density at radius 3 is 2.15 bits per heavy atom. The summed E-state index contributed by atoms with van der Waals surface area (Å²) in [5.41, 5.74) is 0.123. The van der Waals surface area contributed by atoms with E-state index in [9.17, 15) is 25.0 Å². The molecule has 0 saturated heterocycles. The lowest BCUT2D eigenvalue weighted by molar-refractivity contribution is -0.385. The Morgan fingerprint density at radius 2 is 1.62 bits per heavy atom. The zero-order valence-electron chi connectivity index (χ0n) is 14.3. The van der Waals surface area contributed by atoms with Crippen molar-refractivity contribution < 1.29 is 19.4 Å². The molecule has 0 atom stereocenters. The number of carbonyl (C=O) groups is 1. The first-order valence-electron chi connectivity index (χ1n) is 7.34. The van der Waals surface area contributed by atoms with E-state index >= 15 is 0 Å². The van der Waals surface area contributed by atoms with Gasteiger partial charge < -0.3 is 15.0 Å². The molecule has 1 N–H and O–H groups in total. The van der Waals surface area contributed by atoms with Gasteiger partial charge in [0.25, 0.3) is 17.3 Å². The zero-order valence-corrected chi connectivity index (χ0v) is 14.3. The molecule has 0 fully saturated rings. The van der Waals surface area contributed by atoms with Crippen molar-refractivity contribution in [3.05, 3.63) is 62.2 Å². The first-order chi connectivity index (χ1) is 12.2. The van der Waals surface area contributed by atoms with E-state index in [1.54, 1.807) is 19.0 Å². The van der Waals surface area contributed by atoms with Gasteiger partial charge in [-0.25, -0.2) is 0 Å². The number of ether oxygens (including phenoxy) is 1. The molecule has 0 unspecified atom stereocenters. The highest BCUT2D eigenvalue weighted by molar-refractivity contribution is 6.09. The number of hydrogen-bond acceptors (Lipinski definition) is 7. The number of hydrogen-bond donors (Lipinski definition) is 1. The van der Waals surface area contributed by atoms with Crippen LogP contribution in [0.3, 0.4) is 0 Å². The van der Waals surface area contributed by atoms with Crippen LogP contribution >= 0.6 is 0 Å². The third-order valence-corrected chi connectivity index (χ3v) is 3.56. The Bertz CT molecular complexity index is 881. The molecular formula is C16H16N4O6. The maximum Gasteiger partial charge on any atom is 0.271 e. The summed E-state index contributed by atoms with van der Waals surface area (Å²) in [5, 5.41) is 24.5. The summed E-state index contributed by atoms with van der Waals surface area (Å²) >= 11 is 0. The fourth-order valence-corrected chi connectivity index (χ4v) is 2.31. The molecule has 0 bridgehead atoms. The van der Waals surface area contributed by atoms with Crippen LogP contribution in [0.15, 0.2) is 36.4 Å². The molecule has 0 aliphatic heterocycles. The number of nitro benzene ring substituents is 2. The van der Waals surface area contributed by atoms with Gasteiger partial charge in [-0.15, -0.1) is 0 Å². The summed E-state index contributed by atoms with van der Waals surface area (Å²) in [6, 6.07) is 7.65. The Hall–Kier alpha value is -3.69. The zero-order chi connectivity index (χ0) is 19.4. The summed E-state index contributed by atoms with van der Waals surface area (Å²) in [4.78, 5) is 35.0. The van der Waals surface area contributed by atoms with Gasteiger partial charge in [0.2, 0.25) is 0 Å². The molecule has 0 aliphatic rings. The van der Waals surface area contributed by atoms with Crippen molar-refractivity contribution in [3.8, 4) is 5.75 Å². The lowest BCUT2D eigenvalue weighted by Gasteiger charge is -2.17. The lowest BCUT2D eigenvalue weighted by atomic mass is 10.1. The SMILES string of the molecule is COc1ccc([N+](=O)[O-])cc1NC(=O)c1cc([N+](=O)[O-])ccc1N(C)C. The van der Waals surface area contributed by atoms with E-state index in [-0.39, 0.29) is 28.4 Å². The number of rotatable bonds is 6. The second-order valence-electron chi connectivity index (χ2n) is 5.45. The van der Waals surface area contributed by atoms with E-state index in [1.165, 1.54) is 31.4 Å². The van der Waals surface area contributed by atoms with E-state index in [4.69, 9.17) is 4.74 Å². The van der Waals surface area contributed by atoms with Crippen LogP contribution in [0.5, 0.6) is 5.75 Å². The van der Waals surface area contributed by atoms with Gasteiger partial charge in [-0.3, -0.25) is 25.0 Å². The standard InChI is InChI=1S/C16H16N4O6/c1-18(2)14-6-4-10(19(22)23)8-12(14)16(21)17-13-9-11(20(24)25)5-7-15(13)26-3/h4-9H,1-3H3,(H,17,21). The quantitative estimate of drug-likeness (QED) is 0.619. The van der Waals surface area contributed by atoms with Crippen LogP contribution in [0.1, 0.15) is 10.4 Å². The number of nitro groups is 2. The fraction of sp³-hybridized carbons (Fsp3) is 0.188. The van der Waals surface area contributed by atoms with Gasteiger partial charge >= 0.3 is 0 Å². The molecule has 2 aromatic carbocycles. The second-order valence-corrected chi connectivity index (χ2v) is 5.45. The van der Waals surface area contributed by atoms with Crippen LogP contribution in [-0.4, -0.2) is 37.0 Å². The third-order valence-electron chi connectivity index (χ3n) is 3.56. The number of amides is 1. The molecule has 0 aliphatic carbocycles. The summed E-state index contributed by atoms with van der Waals surface area (Å²) in [6.45, 7) is 0. The first-order valence-corrected chi connectivity index (χ1v) is 7.34. The summed E-state index contributed by atoms with van der Waals surface area (Å²) in [5.74, 6) is -0.433. The van der Waals surface area contributed by atoms with Crippen LogP contribution in [0.4, 0.5) is 22.7 Å². The van der Waals surface area contributed by atoms with Crippen LogP contribution < -0.4 is 15.0 Å². The first kappa shape index (κ1) is 18.6. The number of benzene rings is 2. The van der Waals surface area contributed by atoms with Crippen LogP contribution in [-0.2, 0) is 0 Å². The monoisotopic (exact) mass is 360 g/mol. The highest BCUT2D eigenvalue weighted by atomic mass is 16.6. The van der Waals surface area contributed by atoms with E-state index < -0.39 is 15.8 Å². The Kier molecular flexibility index (Phi) is 5.36. The van der Waals surface area contributed by atoms with E-state index in [0.717, 1.165) is 12.1 Å². The molecule has 2 aromatic rings. The molecule has 2 rings (SSSR count). The molecule has 10 heteroatoms. The normalized spacial score (nSPS) is 10.1. The van der Waals surface area contributed by atoms with Crippen LogP contribution in [0.25, 0.3) is 0 Å². The Labute approximate surface area is 148 Å². The van der Waals surface area contributed by atoms with Gasteiger partial charge in [0.15, 0.2) is 0 Å². The molecule has 0 aromatic heterocycles. The summed E-state index contributed by atoms with van der Waals surface area (Å²) < 4.78 is 5.10. The van der Waals surface area contributed by atoms with E-state index in [0.29, 0.717) is 5.69 Å². The van der Waals surface area contributed by atoms with Crippen molar-refractivity contribution in [2.75, 3.05) is 31.4 Å². The van der Waals surface area contributed by atoms with E-state index in [1.807, 2.05) is 0 Å². The molecule has 0 saturated carbocycles. The van der Waals surface area contributed by atoms with Crippen LogP contribution in [0, 0.1) is 20.2 Å². The largest absolute Gasteiger partial charge is 0.495 e. The van der Waals surface area contributed by atoms with Crippen molar-refractivity contribution in [1.82, 2.24) is 0 Å². The number of carbonyl (C=O) groups excluding carboxylic acids is 1. The molecule has 0 spiro atoms. The number of methoxy groups -OCH3 is 1. The third kappa shape index (κ3) is 3.86. The molecule has 0 radical (unpaired) electrons. The Morgan fingerprint density at radius 1 is 1.04 bits per heavy atom. The van der Waals surface area contributed by atoms with Crippen LogP contribution in [0.2, 0.25) is 0 Å². The minimum absolute atomic E-state index is 0.0535. The topological polar surface area (TPSA) is 128 Å². The molecular weight excluding hydrogens is 344 g/mol. The smallest absolute Gasteiger partial charge is 0.271 e. The average Bonchev–Trinajstić information content (AvgIpc) is 2.60. The van der Waals surface area contributed by atoms with Gasteiger partial charge in [-0.2, -0.15) is 0 Å². The predicted molar refractivity (Wildman–Crippen MR) is 95.0 cm³/mol. The fourth-order valence-electron chi connectivity index (χ4n) is 2.31. The molecule has 1 amide bonds. The van der Waals surface area contributed by atoms with E-state index in [2.05, 4.69) is 5.32 Å². The van der Waals surface area contributed by atoms with Gasteiger partial charge in [-0.05, 0) is 12.1 Å². The molecule has 26 heavy (non-hydrogen) atoms. The summed E-state index contributed by atoms with van der Waals surface area (Å²) in [6.07, 6.45) is 0. The molecule has 136 valence electrons. The highest BCUT2D eigenvalue weighted by Gasteiger charge is 2.20. The number of non-ortho nitro benzene ring substituents is 2. The lowest BCUT2D eigenvalue weighted by Crippen LogP contribution is -2.19.